The molecule has 4 amide bonds. The van der Waals surface area contributed by atoms with E-state index in [0.717, 1.165) is 23.7 Å². The Balaban J connectivity index is 1.64. The van der Waals surface area contributed by atoms with Crippen molar-refractivity contribution in [2.75, 3.05) is 22.9 Å². The number of anilines is 2. The highest BCUT2D eigenvalue weighted by Crippen LogP contribution is 2.31. The van der Waals surface area contributed by atoms with Gasteiger partial charge in [0.05, 0.1) is 10.7 Å². The highest BCUT2D eigenvalue weighted by atomic mass is 35.5. The minimum absolute atomic E-state index is 0.129. The van der Waals surface area contributed by atoms with Gasteiger partial charge in [-0.3, -0.25) is 14.9 Å². The molecule has 29 heavy (non-hydrogen) atoms. The Morgan fingerprint density at radius 3 is 2.28 bits per heavy atom. The van der Waals surface area contributed by atoms with Gasteiger partial charge in [0.2, 0.25) is 0 Å². The summed E-state index contributed by atoms with van der Waals surface area (Å²) in [4.78, 5) is 40.7. The summed E-state index contributed by atoms with van der Waals surface area (Å²) < 4.78 is 0. The molecule has 6 nitrogen and oxygen atoms in total. The molecule has 2 aliphatic heterocycles. The first-order valence-corrected chi connectivity index (χ1v) is 9.91. The van der Waals surface area contributed by atoms with Crippen LogP contribution in [0.4, 0.5) is 16.2 Å². The van der Waals surface area contributed by atoms with Crippen molar-refractivity contribution in [1.82, 2.24) is 5.32 Å². The van der Waals surface area contributed by atoms with Crippen LogP contribution in [0.1, 0.15) is 18.4 Å². The average molecular weight is 430 g/mol. The number of urea groups is 1. The quantitative estimate of drug-likeness (QED) is 0.584. The highest BCUT2D eigenvalue weighted by Gasteiger charge is 2.37. The van der Waals surface area contributed by atoms with E-state index >= 15 is 0 Å². The first kappa shape index (κ1) is 19.5. The Morgan fingerprint density at radius 2 is 1.62 bits per heavy atom. The zero-order valence-electron chi connectivity index (χ0n) is 15.3. The second-order valence-corrected chi connectivity index (χ2v) is 7.68. The van der Waals surface area contributed by atoms with Gasteiger partial charge in [-0.1, -0.05) is 35.3 Å². The smallest absolute Gasteiger partial charge is 0.335 e. The van der Waals surface area contributed by atoms with Gasteiger partial charge < -0.3 is 4.90 Å². The lowest BCUT2D eigenvalue weighted by molar-refractivity contribution is -0.122. The van der Waals surface area contributed by atoms with E-state index in [-0.39, 0.29) is 16.3 Å². The second kappa shape index (κ2) is 7.89. The lowest BCUT2D eigenvalue weighted by atomic mass is 10.1. The number of imide groups is 2. The van der Waals surface area contributed by atoms with Gasteiger partial charge in [0.25, 0.3) is 11.8 Å². The average Bonchev–Trinajstić information content (AvgIpc) is 3.22. The largest absolute Gasteiger partial charge is 0.372 e. The Labute approximate surface area is 177 Å². The first-order chi connectivity index (χ1) is 13.9. The number of carbonyl (C=O) groups excluding carboxylic acids is 3. The number of halogens is 2. The lowest BCUT2D eigenvalue weighted by Crippen LogP contribution is -2.54. The third kappa shape index (κ3) is 3.86. The Morgan fingerprint density at radius 1 is 0.931 bits per heavy atom. The molecule has 0 radical (unpaired) electrons. The fraction of sp³-hybridized carbons (Fsp3) is 0.190. The van der Waals surface area contributed by atoms with Crippen LogP contribution >= 0.6 is 23.2 Å². The third-order valence-corrected chi connectivity index (χ3v) is 5.47. The summed E-state index contributed by atoms with van der Waals surface area (Å²) in [5.41, 5.74) is 1.79. The van der Waals surface area contributed by atoms with E-state index in [9.17, 15) is 14.4 Å². The number of nitrogens with zero attached hydrogens (tertiary/aromatic N) is 2. The maximum absolute atomic E-state index is 12.9. The summed E-state index contributed by atoms with van der Waals surface area (Å²) in [6, 6.07) is 11.2. The lowest BCUT2D eigenvalue weighted by Gasteiger charge is -2.27. The summed E-state index contributed by atoms with van der Waals surface area (Å²) in [7, 11) is 0. The standard InChI is InChI=1S/C21H17Cl2N3O3/c22-14-5-8-18(17(23)12-14)26-20(28)16(19(27)24-21(26)29)11-13-3-6-15(7-4-13)25-9-1-2-10-25/h3-8,11-12H,1-2,9-10H2,(H,24,27,29)/b16-11+. The topological polar surface area (TPSA) is 69.7 Å². The van der Waals surface area contributed by atoms with Gasteiger partial charge in [0.15, 0.2) is 0 Å². The Kier molecular flexibility index (Phi) is 5.30. The van der Waals surface area contributed by atoms with E-state index in [2.05, 4.69) is 10.2 Å². The predicted octanol–water partition coefficient (Wildman–Crippen LogP) is 4.26. The zero-order valence-corrected chi connectivity index (χ0v) is 16.8. The number of rotatable bonds is 3. The van der Waals surface area contributed by atoms with Gasteiger partial charge in [-0.15, -0.1) is 0 Å². The molecule has 0 bridgehead atoms. The number of barbiturate groups is 1. The number of benzene rings is 2. The third-order valence-electron chi connectivity index (χ3n) is 4.93. The molecular formula is C21H17Cl2N3O3. The number of hydrogen-bond donors (Lipinski definition) is 1. The molecule has 2 aromatic rings. The molecule has 2 aromatic carbocycles. The Bertz CT molecular complexity index is 1030. The molecule has 0 saturated carbocycles. The SMILES string of the molecule is O=C1NC(=O)N(c2ccc(Cl)cc2Cl)C(=O)/C1=C/c1ccc(N2CCCC2)cc1. The summed E-state index contributed by atoms with van der Waals surface area (Å²) in [6.07, 6.45) is 3.82. The molecule has 1 N–H and O–H groups in total. The van der Waals surface area contributed by atoms with Gasteiger partial charge in [0, 0.05) is 23.8 Å². The van der Waals surface area contributed by atoms with E-state index < -0.39 is 17.8 Å². The van der Waals surface area contributed by atoms with Crippen LogP contribution in [0, 0.1) is 0 Å². The Hall–Kier alpha value is -2.83. The van der Waals surface area contributed by atoms with Crippen molar-refractivity contribution < 1.29 is 14.4 Å². The molecule has 0 atom stereocenters. The van der Waals surface area contributed by atoms with Crippen molar-refractivity contribution in [3.8, 4) is 0 Å². The van der Waals surface area contributed by atoms with E-state index in [4.69, 9.17) is 23.2 Å². The molecule has 2 saturated heterocycles. The van der Waals surface area contributed by atoms with E-state index in [1.807, 2.05) is 24.3 Å². The molecule has 0 aromatic heterocycles. The molecule has 2 heterocycles. The summed E-state index contributed by atoms with van der Waals surface area (Å²) >= 11 is 12.0. The van der Waals surface area contributed by atoms with E-state index in [0.29, 0.717) is 10.6 Å². The van der Waals surface area contributed by atoms with Crippen molar-refractivity contribution in [2.24, 2.45) is 0 Å². The van der Waals surface area contributed by atoms with Crippen LogP contribution in [0.3, 0.4) is 0 Å². The van der Waals surface area contributed by atoms with Crippen molar-refractivity contribution in [1.29, 1.82) is 0 Å². The summed E-state index contributed by atoms with van der Waals surface area (Å²) in [6.45, 7) is 2.06. The normalized spacial score (nSPS) is 18.6. The van der Waals surface area contributed by atoms with Crippen LogP contribution in [0.15, 0.2) is 48.0 Å². The monoisotopic (exact) mass is 429 g/mol. The van der Waals surface area contributed by atoms with E-state index in [1.54, 1.807) is 0 Å². The molecule has 2 fully saturated rings. The molecular weight excluding hydrogens is 413 g/mol. The molecule has 2 aliphatic rings. The fourth-order valence-corrected chi connectivity index (χ4v) is 3.96. The van der Waals surface area contributed by atoms with Crippen molar-refractivity contribution >= 4 is 58.5 Å². The second-order valence-electron chi connectivity index (χ2n) is 6.84. The van der Waals surface area contributed by atoms with Crippen molar-refractivity contribution in [3.63, 3.8) is 0 Å². The maximum atomic E-state index is 12.9. The van der Waals surface area contributed by atoms with Gasteiger partial charge in [-0.25, -0.2) is 9.69 Å². The van der Waals surface area contributed by atoms with Gasteiger partial charge in [-0.2, -0.15) is 0 Å². The van der Waals surface area contributed by atoms with Crippen LogP contribution in [-0.2, 0) is 9.59 Å². The van der Waals surface area contributed by atoms with Crippen LogP contribution in [0.25, 0.3) is 6.08 Å². The zero-order chi connectivity index (χ0) is 20.5. The van der Waals surface area contributed by atoms with Gasteiger partial charge >= 0.3 is 6.03 Å². The molecule has 0 spiro atoms. The van der Waals surface area contributed by atoms with Crippen LogP contribution in [0.5, 0.6) is 0 Å². The summed E-state index contributed by atoms with van der Waals surface area (Å²) in [5.74, 6) is -1.49. The molecule has 0 aliphatic carbocycles. The van der Waals surface area contributed by atoms with Crippen LogP contribution in [0.2, 0.25) is 10.0 Å². The number of amides is 4. The molecule has 0 unspecified atom stereocenters. The van der Waals surface area contributed by atoms with Crippen molar-refractivity contribution in [3.05, 3.63) is 63.6 Å². The minimum Gasteiger partial charge on any atom is -0.372 e. The van der Waals surface area contributed by atoms with Gasteiger partial charge in [-0.05, 0) is 54.8 Å². The predicted molar refractivity (Wildman–Crippen MR) is 113 cm³/mol. The molecule has 4 rings (SSSR count). The molecule has 148 valence electrons. The molecule has 8 heteroatoms. The highest BCUT2D eigenvalue weighted by molar-refractivity contribution is 6.42. The van der Waals surface area contributed by atoms with Crippen LogP contribution < -0.4 is 15.1 Å². The summed E-state index contributed by atoms with van der Waals surface area (Å²) in [5, 5.41) is 2.68. The maximum Gasteiger partial charge on any atom is 0.335 e. The number of carbonyl (C=O) groups is 3. The number of hydrogen-bond acceptors (Lipinski definition) is 4. The van der Waals surface area contributed by atoms with Crippen LogP contribution in [-0.4, -0.2) is 30.9 Å². The van der Waals surface area contributed by atoms with E-state index in [1.165, 1.54) is 37.1 Å². The minimum atomic E-state index is -0.856. The fourth-order valence-electron chi connectivity index (χ4n) is 3.46. The van der Waals surface area contributed by atoms with Crippen molar-refractivity contribution in [2.45, 2.75) is 12.8 Å². The van der Waals surface area contributed by atoms with Gasteiger partial charge in [0.1, 0.15) is 5.57 Å². The first-order valence-electron chi connectivity index (χ1n) is 9.15. The number of nitrogens with one attached hydrogen (secondary N) is 1.